The van der Waals surface area contributed by atoms with Gasteiger partial charge in [-0.3, -0.25) is 0 Å². The molecule has 0 bridgehead atoms. The summed E-state index contributed by atoms with van der Waals surface area (Å²) in [4.78, 5) is 0. The first-order chi connectivity index (χ1) is 8.55. The lowest BCUT2D eigenvalue weighted by atomic mass is 10.3. The third kappa shape index (κ3) is 1.59. The topological polar surface area (TPSA) is 30.7 Å². The molecule has 0 radical (unpaired) electrons. The van der Waals surface area contributed by atoms with Gasteiger partial charge < -0.3 is 4.48 Å². The van der Waals surface area contributed by atoms with E-state index in [9.17, 15) is 0 Å². The quantitative estimate of drug-likeness (QED) is 0.719. The van der Waals surface area contributed by atoms with E-state index in [0.717, 1.165) is 37.0 Å². The summed E-state index contributed by atoms with van der Waals surface area (Å²) >= 11 is 0. The second-order valence-corrected chi connectivity index (χ2v) is 4.64. The van der Waals surface area contributed by atoms with Crippen molar-refractivity contribution in [1.29, 1.82) is 0 Å². The lowest BCUT2D eigenvalue weighted by molar-refractivity contribution is -0.919. The van der Waals surface area contributed by atoms with Crippen LogP contribution in [0, 0.1) is 0 Å². The molecule has 1 aliphatic heterocycles. The predicted molar refractivity (Wildman–Crippen MR) is 62.7 cm³/mol. The van der Waals surface area contributed by atoms with Gasteiger partial charge in [-0.2, -0.15) is 4.68 Å². The Kier molecular flexibility index (Phi) is 1.73. The molecular weight excluding hydrogens is 200 g/mol. The minimum Gasteiger partial charge on any atom is -0.307 e. The lowest BCUT2D eigenvalue weighted by Crippen LogP contribution is -2.42. The molecule has 16 heavy (non-hydrogen) atoms. The number of likely N-dealkylation sites (tertiary alicyclic amines) is 1. The average molecular weight is 219 g/mol. The summed E-state index contributed by atoms with van der Waals surface area (Å²) < 4.78 is 18.7. The molecule has 0 amide bonds. The molecule has 1 aromatic carbocycles. The first-order valence-electron chi connectivity index (χ1n) is 6.70. The molecule has 0 unspecified atom stereocenters. The number of rotatable bonds is 2. The smallest absolute Gasteiger partial charge is 0.176 e. The second-order valence-electron chi connectivity index (χ2n) is 4.64. The van der Waals surface area contributed by atoms with E-state index < -0.39 is 6.62 Å². The Morgan fingerprint density at radius 2 is 2.12 bits per heavy atom. The largest absolute Gasteiger partial charge is 0.307 e. The van der Waals surface area contributed by atoms with Crippen molar-refractivity contribution in [2.75, 3.05) is 20.1 Å². The third-order valence-electron chi connectivity index (χ3n) is 3.24. The van der Waals surface area contributed by atoms with Crippen molar-refractivity contribution in [1.82, 2.24) is 15.0 Å². The van der Waals surface area contributed by atoms with Crippen molar-refractivity contribution in [3.05, 3.63) is 24.3 Å². The summed E-state index contributed by atoms with van der Waals surface area (Å²) in [5, 5.41) is 8.08. The molecule has 84 valence electrons. The van der Waals surface area contributed by atoms with Gasteiger partial charge >= 0.3 is 0 Å². The molecule has 1 saturated heterocycles. The van der Waals surface area contributed by atoms with Gasteiger partial charge in [0.2, 0.25) is 0 Å². The van der Waals surface area contributed by atoms with Crippen molar-refractivity contribution >= 4 is 11.0 Å². The minimum atomic E-state index is -1.55. The van der Waals surface area contributed by atoms with Crippen LogP contribution in [-0.4, -0.2) is 39.6 Å². The fraction of sp³-hybridized carbons (Fsp3) is 0.500. The zero-order valence-corrected chi connectivity index (χ0v) is 9.43. The molecule has 2 aromatic rings. The van der Waals surface area contributed by atoms with Crippen LogP contribution in [0.5, 0.6) is 0 Å². The number of nitrogens with zero attached hydrogens (tertiary/aromatic N) is 4. The number of para-hydroxylation sites is 1. The number of quaternary nitrogens is 1. The molecule has 0 N–H and O–H groups in total. The van der Waals surface area contributed by atoms with Gasteiger partial charge in [-0.1, -0.05) is 17.3 Å². The van der Waals surface area contributed by atoms with Crippen molar-refractivity contribution < 1.29 is 7.22 Å². The van der Waals surface area contributed by atoms with E-state index in [-0.39, 0.29) is 0 Å². The first-order valence-corrected chi connectivity index (χ1v) is 5.70. The van der Waals surface area contributed by atoms with E-state index >= 15 is 0 Å². The lowest BCUT2D eigenvalue weighted by Gasteiger charge is -2.28. The summed E-state index contributed by atoms with van der Waals surface area (Å²) in [7, 11) is 1.96. The van der Waals surface area contributed by atoms with Gasteiger partial charge in [0.05, 0.1) is 25.7 Å². The Morgan fingerprint density at radius 3 is 2.94 bits per heavy atom. The highest BCUT2D eigenvalue weighted by atomic mass is 15.5. The fourth-order valence-corrected chi connectivity index (χ4v) is 2.30. The molecule has 0 aliphatic carbocycles. The van der Waals surface area contributed by atoms with Gasteiger partial charge in [-0.15, -0.1) is 5.10 Å². The molecule has 0 atom stereocenters. The molecule has 4 nitrogen and oxygen atoms in total. The van der Waals surface area contributed by atoms with Crippen LogP contribution in [0.3, 0.4) is 0 Å². The van der Waals surface area contributed by atoms with Crippen molar-refractivity contribution in [3.8, 4) is 0 Å². The van der Waals surface area contributed by atoms with Gasteiger partial charge in [0.25, 0.3) is 0 Å². The number of fused-ring (bicyclic) bond motifs is 1. The molecule has 1 aromatic heterocycles. The Morgan fingerprint density at radius 1 is 1.38 bits per heavy atom. The Bertz CT molecular complexity index is 572. The standard InChI is InChI=1S/C12H17N4/c1-16(8-4-5-9-16)10-15-12-7-3-2-6-11(12)13-14-15/h2-3,6-7H,4-5,8-10H2,1H3/q+1/i10D2. The highest BCUT2D eigenvalue weighted by molar-refractivity contribution is 5.73. The maximum absolute atomic E-state index is 8.46. The maximum atomic E-state index is 8.46. The van der Waals surface area contributed by atoms with Crippen LogP contribution < -0.4 is 0 Å². The first kappa shape index (κ1) is 7.79. The van der Waals surface area contributed by atoms with E-state index in [4.69, 9.17) is 2.74 Å². The van der Waals surface area contributed by atoms with E-state index in [0.29, 0.717) is 4.48 Å². The minimum absolute atomic E-state index is 0.375. The van der Waals surface area contributed by atoms with Crippen molar-refractivity contribution in [2.45, 2.75) is 19.5 Å². The molecule has 1 aliphatic rings. The second kappa shape index (κ2) is 3.56. The van der Waals surface area contributed by atoms with E-state index in [1.54, 1.807) is 0 Å². The SMILES string of the molecule is [2H]C([2H])(n1nnc2ccccc21)[N+]1(C)CCCC1. The normalized spacial score (nSPS) is 22.1. The highest BCUT2D eigenvalue weighted by Crippen LogP contribution is 2.19. The van der Waals surface area contributed by atoms with E-state index in [1.807, 2.05) is 31.3 Å². The van der Waals surface area contributed by atoms with Crippen LogP contribution >= 0.6 is 0 Å². The number of hydrogen-bond donors (Lipinski definition) is 0. The summed E-state index contributed by atoms with van der Waals surface area (Å²) in [6.07, 6.45) is 2.14. The van der Waals surface area contributed by atoms with Crippen LogP contribution in [0.25, 0.3) is 11.0 Å². The maximum Gasteiger partial charge on any atom is 0.176 e. The number of hydrogen-bond acceptors (Lipinski definition) is 2. The number of benzene rings is 1. The summed E-state index contributed by atoms with van der Waals surface area (Å²) in [6.45, 7) is 0.148. The van der Waals surface area contributed by atoms with Crippen molar-refractivity contribution in [2.24, 2.45) is 0 Å². The Balaban J connectivity index is 2.13. The molecule has 2 heterocycles. The third-order valence-corrected chi connectivity index (χ3v) is 3.24. The van der Waals surface area contributed by atoms with Gasteiger partial charge in [-0.25, -0.2) is 0 Å². The van der Waals surface area contributed by atoms with Crippen LogP contribution in [0.1, 0.15) is 15.6 Å². The van der Waals surface area contributed by atoms with Crippen molar-refractivity contribution in [3.63, 3.8) is 0 Å². The van der Waals surface area contributed by atoms with Gasteiger partial charge in [0.1, 0.15) is 8.26 Å². The molecular formula is C12H17N4+. The van der Waals surface area contributed by atoms with E-state index in [2.05, 4.69) is 10.3 Å². The zero-order valence-electron chi connectivity index (χ0n) is 11.4. The molecule has 1 fully saturated rings. The average Bonchev–Trinajstić information content (AvgIpc) is 2.96. The van der Waals surface area contributed by atoms with E-state index in [1.165, 1.54) is 4.68 Å². The van der Waals surface area contributed by atoms with Crippen LogP contribution in [0.4, 0.5) is 0 Å². The van der Waals surface area contributed by atoms with Crippen LogP contribution in [0.15, 0.2) is 24.3 Å². The van der Waals surface area contributed by atoms with Gasteiger partial charge in [-0.05, 0) is 12.1 Å². The summed E-state index contributed by atoms with van der Waals surface area (Å²) in [5.41, 5.74) is 1.50. The molecule has 0 saturated carbocycles. The van der Waals surface area contributed by atoms with Crippen LogP contribution in [0.2, 0.25) is 0 Å². The Hall–Kier alpha value is -1.42. The fourth-order valence-electron chi connectivity index (χ4n) is 2.30. The molecule has 4 heteroatoms. The zero-order chi connectivity index (χ0) is 12.8. The number of aromatic nitrogens is 3. The Labute approximate surface area is 97.9 Å². The monoisotopic (exact) mass is 219 g/mol. The molecule has 0 spiro atoms. The summed E-state index contributed by atoms with van der Waals surface area (Å²) in [6, 6.07) is 7.51. The highest BCUT2D eigenvalue weighted by Gasteiger charge is 2.27. The predicted octanol–water partition coefficient (Wildman–Crippen LogP) is 1.63. The van der Waals surface area contributed by atoms with Gasteiger partial charge in [0.15, 0.2) is 6.62 Å². The van der Waals surface area contributed by atoms with Gasteiger partial charge in [0, 0.05) is 12.8 Å². The summed E-state index contributed by atoms with van der Waals surface area (Å²) in [5.74, 6) is 0. The molecule has 3 rings (SSSR count). The van der Waals surface area contributed by atoms with Crippen LogP contribution in [-0.2, 0) is 6.62 Å².